The first-order chi connectivity index (χ1) is 8.26. The average molecular weight is 248 g/mol. The quantitative estimate of drug-likeness (QED) is 0.749. The summed E-state index contributed by atoms with van der Waals surface area (Å²) in [5.74, 6) is 2.10. The minimum atomic E-state index is 0.381. The number of hydrogen-bond acceptors (Lipinski definition) is 3. The smallest absolute Gasteiger partial charge is 0.170 e. The SMILES string of the molecule is NCc1ccc(-c2cc3cc(Cl)ccc3o2)o1. The van der Waals surface area contributed by atoms with Gasteiger partial charge in [-0.1, -0.05) is 11.6 Å². The van der Waals surface area contributed by atoms with Gasteiger partial charge in [-0.2, -0.15) is 0 Å². The molecule has 2 aromatic heterocycles. The molecule has 2 heterocycles. The lowest BCUT2D eigenvalue weighted by molar-refractivity contribution is 0.503. The van der Waals surface area contributed by atoms with Crippen molar-refractivity contribution in [3.8, 4) is 11.5 Å². The number of halogens is 1. The van der Waals surface area contributed by atoms with Crippen molar-refractivity contribution in [2.75, 3.05) is 0 Å². The minimum Gasteiger partial charge on any atom is -0.456 e. The summed E-state index contributed by atoms with van der Waals surface area (Å²) in [4.78, 5) is 0. The molecule has 3 aromatic rings. The molecule has 17 heavy (non-hydrogen) atoms. The van der Waals surface area contributed by atoms with Crippen LogP contribution in [-0.2, 0) is 6.54 Å². The summed E-state index contributed by atoms with van der Waals surface area (Å²) in [7, 11) is 0. The van der Waals surface area contributed by atoms with Crippen LogP contribution in [0.4, 0.5) is 0 Å². The van der Waals surface area contributed by atoms with E-state index in [0.29, 0.717) is 23.1 Å². The summed E-state index contributed by atoms with van der Waals surface area (Å²) in [6.45, 7) is 0.381. The molecular weight excluding hydrogens is 238 g/mol. The van der Waals surface area contributed by atoms with Crippen LogP contribution in [0.2, 0.25) is 5.02 Å². The Morgan fingerprint density at radius 2 is 1.88 bits per heavy atom. The van der Waals surface area contributed by atoms with Crippen LogP contribution in [0.5, 0.6) is 0 Å². The monoisotopic (exact) mass is 247 g/mol. The molecule has 0 spiro atoms. The van der Waals surface area contributed by atoms with Crippen molar-refractivity contribution >= 4 is 22.6 Å². The normalized spacial score (nSPS) is 11.2. The highest BCUT2D eigenvalue weighted by atomic mass is 35.5. The van der Waals surface area contributed by atoms with E-state index in [2.05, 4.69) is 0 Å². The summed E-state index contributed by atoms with van der Waals surface area (Å²) in [6.07, 6.45) is 0. The van der Waals surface area contributed by atoms with Crippen LogP contribution in [0, 0.1) is 0 Å². The zero-order valence-electron chi connectivity index (χ0n) is 8.94. The molecule has 3 nitrogen and oxygen atoms in total. The summed E-state index contributed by atoms with van der Waals surface area (Å²) >= 11 is 5.92. The summed E-state index contributed by atoms with van der Waals surface area (Å²) in [5.41, 5.74) is 6.28. The number of fused-ring (bicyclic) bond motifs is 1. The maximum absolute atomic E-state index is 5.92. The molecule has 2 N–H and O–H groups in total. The molecule has 0 amide bonds. The van der Waals surface area contributed by atoms with E-state index in [9.17, 15) is 0 Å². The van der Waals surface area contributed by atoms with E-state index in [0.717, 1.165) is 16.7 Å². The number of furan rings is 2. The number of benzene rings is 1. The number of hydrogen-bond donors (Lipinski definition) is 1. The first-order valence-corrected chi connectivity index (χ1v) is 5.62. The molecule has 4 heteroatoms. The molecule has 0 aliphatic carbocycles. The van der Waals surface area contributed by atoms with Gasteiger partial charge in [0, 0.05) is 10.4 Å². The summed E-state index contributed by atoms with van der Waals surface area (Å²) in [5, 5.41) is 1.64. The Kier molecular flexibility index (Phi) is 2.42. The average Bonchev–Trinajstić information content (AvgIpc) is 2.93. The van der Waals surface area contributed by atoms with Gasteiger partial charge in [0.1, 0.15) is 11.3 Å². The van der Waals surface area contributed by atoms with Crippen molar-refractivity contribution in [1.29, 1.82) is 0 Å². The number of rotatable bonds is 2. The van der Waals surface area contributed by atoms with E-state index in [-0.39, 0.29) is 0 Å². The Morgan fingerprint density at radius 3 is 2.65 bits per heavy atom. The van der Waals surface area contributed by atoms with Gasteiger partial charge in [-0.05, 0) is 36.4 Å². The topological polar surface area (TPSA) is 52.3 Å². The van der Waals surface area contributed by atoms with Crippen molar-refractivity contribution in [3.63, 3.8) is 0 Å². The molecule has 0 aliphatic heterocycles. The molecule has 0 atom stereocenters. The first kappa shape index (κ1) is 10.4. The molecule has 0 saturated heterocycles. The molecule has 0 saturated carbocycles. The fourth-order valence-corrected chi connectivity index (χ4v) is 1.94. The second kappa shape index (κ2) is 3.95. The fourth-order valence-electron chi connectivity index (χ4n) is 1.76. The van der Waals surface area contributed by atoms with Crippen molar-refractivity contribution in [2.24, 2.45) is 5.73 Å². The van der Waals surface area contributed by atoms with Gasteiger partial charge >= 0.3 is 0 Å². The van der Waals surface area contributed by atoms with Gasteiger partial charge in [-0.3, -0.25) is 0 Å². The second-order valence-electron chi connectivity index (χ2n) is 3.76. The van der Waals surface area contributed by atoms with Crippen molar-refractivity contribution < 1.29 is 8.83 Å². The standard InChI is InChI=1S/C13H10ClNO2/c14-9-1-3-11-8(5-9)6-13(17-11)12-4-2-10(7-15)16-12/h1-6H,7,15H2. The van der Waals surface area contributed by atoms with Gasteiger partial charge < -0.3 is 14.6 Å². The van der Waals surface area contributed by atoms with Crippen LogP contribution in [0.3, 0.4) is 0 Å². The summed E-state index contributed by atoms with van der Waals surface area (Å²) < 4.78 is 11.2. The lowest BCUT2D eigenvalue weighted by Gasteiger charge is -1.90. The Hall–Kier alpha value is -1.71. The molecule has 0 aliphatic rings. The van der Waals surface area contributed by atoms with Crippen LogP contribution in [0.15, 0.2) is 45.2 Å². The van der Waals surface area contributed by atoms with Crippen LogP contribution in [-0.4, -0.2) is 0 Å². The van der Waals surface area contributed by atoms with Crippen LogP contribution in [0.25, 0.3) is 22.5 Å². The Morgan fingerprint density at radius 1 is 1.00 bits per heavy atom. The van der Waals surface area contributed by atoms with E-state index < -0.39 is 0 Å². The lowest BCUT2D eigenvalue weighted by atomic mass is 10.2. The van der Waals surface area contributed by atoms with Gasteiger partial charge in [0.25, 0.3) is 0 Å². The van der Waals surface area contributed by atoms with E-state index in [1.54, 1.807) is 6.07 Å². The molecular formula is C13H10ClNO2. The molecule has 86 valence electrons. The molecule has 0 unspecified atom stereocenters. The second-order valence-corrected chi connectivity index (χ2v) is 4.20. The third kappa shape index (κ3) is 1.84. The predicted octanol–water partition coefficient (Wildman–Crippen LogP) is 3.80. The van der Waals surface area contributed by atoms with Crippen molar-refractivity contribution in [1.82, 2.24) is 0 Å². The minimum absolute atomic E-state index is 0.381. The lowest BCUT2D eigenvalue weighted by Crippen LogP contribution is -1.92. The van der Waals surface area contributed by atoms with Gasteiger partial charge in [-0.25, -0.2) is 0 Å². The summed E-state index contributed by atoms with van der Waals surface area (Å²) in [6, 6.07) is 11.1. The zero-order chi connectivity index (χ0) is 11.8. The van der Waals surface area contributed by atoms with E-state index >= 15 is 0 Å². The van der Waals surface area contributed by atoms with E-state index in [4.69, 9.17) is 26.2 Å². The highest BCUT2D eigenvalue weighted by molar-refractivity contribution is 6.31. The zero-order valence-corrected chi connectivity index (χ0v) is 9.70. The predicted molar refractivity (Wildman–Crippen MR) is 66.8 cm³/mol. The van der Waals surface area contributed by atoms with Gasteiger partial charge in [0.2, 0.25) is 0 Å². The van der Waals surface area contributed by atoms with Crippen LogP contribution < -0.4 is 5.73 Å². The maximum Gasteiger partial charge on any atom is 0.170 e. The molecule has 1 aromatic carbocycles. The highest BCUT2D eigenvalue weighted by Crippen LogP contribution is 2.30. The maximum atomic E-state index is 5.92. The molecule has 3 rings (SSSR count). The Labute approximate surface area is 103 Å². The first-order valence-electron chi connectivity index (χ1n) is 5.24. The Balaban J connectivity index is 2.11. The van der Waals surface area contributed by atoms with E-state index in [1.807, 2.05) is 30.3 Å². The van der Waals surface area contributed by atoms with Gasteiger partial charge in [0.05, 0.1) is 6.54 Å². The van der Waals surface area contributed by atoms with Crippen LogP contribution >= 0.6 is 11.6 Å². The van der Waals surface area contributed by atoms with Gasteiger partial charge in [0.15, 0.2) is 11.5 Å². The van der Waals surface area contributed by atoms with Gasteiger partial charge in [-0.15, -0.1) is 0 Å². The highest BCUT2D eigenvalue weighted by Gasteiger charge is 2.10. The third-order valence-electron chi connectivity index (χ3n) is 2.58. The fraction of sp³-hybridized carbons (Fsp3) is 0.0769. The molecule has 0 radical (unpaired) electrons. The van der Waals surface area contributed by atoms with E-state index in [1.165, 1.54) is 0 Å². The number of nitrogens with two attached hydrogens (primary N) is 1. The molecule has 0 bridgehead atoms. The van der Waals surface area contributed by atoms with Crippen molar-refractivity contribution in [3.05, 3.63) is 47.2 Å². The largest absolute Gasteiger partial charge is 0.456 e. The van der Waals surface area contributed by atoms with Crippen molar-refractivity contribution in [2.45, 2.75) is 6.54 Å². The Bertz CT molecular complexity index is 669. The van der Waals surface area contributed by atoms with Crippen LogP contribution in [0.1, 0.15) is 5.76 Å². The molecule has 0 fully saturated rings. The third-order valence-corrected chi connectivity index (χ3v) is 2.82.